The highest BCUT2D eigenvalue weighted by atomic mass is 32.1. The van der Waals surface area contributed by atoms with Gasteiger partial charge in [0.1, 0.15) is 5.01 Å². The number of amides is 1. The molecule has 1 amide bonds. The first-order chi connectivity index (χ1) is 12.4. The topological polar surface area (TPSA) is 54.9 Å². The first-order valence-corrected chi connectivity index (χ1v) is 8.62. The highest BCUT2D eigenvalue weighted by Gasteiger charge is 2.30. The molecule has 0 aliphatic rings. The van der Waals surface area contributed by atoms with Crippen molar-refractivity contribution in [3.63, 3.8) is 0 Å². The van der Waals surface area contributed by atoms with Crippen molar-refractivity contribution >= 4 is 22.9 Å². The van der Waals surface area contributed by atoms with Crippen LogP contribution in [-0.2, 0) is 17.4 Å². The van der Waals surface area contributed by atoms with E-state index in [9.17, 15) is 18.0 Å². The highest BCUT2D eigenvalue weighted by molar-refractivity contribution is 7.13. The van der Waals surface area contributed by atoms with E-state index < -0.39 is 11.7 Å². The fourth-order valence-corrected chi connectivity index (χ4v) is 3.13. The molecule has 3 rings (SSSR count). The summed E-state index contributed by atoms with van der Waals surface area (Å²) in [5.41, 5.74) is 0.986. The number of aryl methyl sites for hydroxylation is 1. The Labute approximate surface area is 151 Å². The predicted octanol–water partition coefficient (Wildman–Crippen LogP) is 4.80. The maximum absolute atomic E-state index is 12.7. The van der Waals surface area contributed by atoms with E-state index in [-0.39, 0.29) is 18.0 Å². The molecule has 0 bridgehead atoms. The van der Waals surface area contributed by atoms with Crippen LogP contribution in [0.1, 0.15) is 17.7 Å². The molecule has 1 N–H and O–H groups in total. The summed E-state index contributed by atoms with van der Waals surface area (Å²) in [7, 11) is 0. The van der Waals surface area contributed by atoms with Crippen LogP contribution in [0.4, 0.5) is 18.9 Å². The summed E-state index contributed by atoms with van der Waals surface area (Å²) in [6.07, 6.45) is -0.517. The number of carbonyl (C=O) groups is 1. The number of aromatic nitrogens is 2. The van der Waals surface area contributed by atoms with Crippen LogP contribution in [0.2, 0.25) is 0 Å². The van der Waals surface area contributed by atoms with Gasteiger partial charge in [-0.3, -0.25) is 9.78 Å². The van der Waals surface area contributed by atoms with Crippen LogP contribution in [0.5, 0.6) is 0 Å². The van der Waals surface area contributed by atoms with Crippen molar-refractivity contribution in [1.29, 1.82) is 0 Å². The Morgan fingerprint density at radius 3 is 2.77 bits per heavy atom. The molecule has 0 spiro atoms. The van der Waals surface area contributed by atoms with Crippen LogP contribution in [0.3, 0.4) is 0 Å². The van der Waals surface area contributed by atoms with Gasteiger partial charge in [-0.25, -0.2) is 4.98 Å². The van der Waals surface area contributed by atoms with Crippen molar-refractivity contribution in [3.8, 4) is 10.6 Å². The Morgan fingerprint density at radius 1 is 1.19 bits per heavy atom. The number of hydrogen-bond donors (Lipinski definition) is 1. The molecular weight excluding hydrogens is 363 g/mol. The first kappa shape index (κ1) is 18.1. The first-order valence-electron chi connectivity index (χ1n) is 7.74. The Hall–Kier alpha value is -2.74. The van der Waals surface area contributed by atoms with Gasteiger partial charge in [0.2, 0.25) is 5.91 Å². The van der Waals surface area contributed by atoms with Crippen molar-refractivity contribution in [3.05, 3.63) is 65.4 Å². The van der Waals surface area contributed by atoms with E-state index in [2.05, 4.69) is 15.3 Å². The Bertz CT molecular complexity index is 894. The predicted molar refractivity (Wildman–Crippen MR) is 93.7 cm³/mol. The van der Waals surface area contributed by atoms with Crippen LogP contribution in [0.25, 0.3) is 10.6 Å². The zero-order valence-corrected chi connectivity index (χ0v) is 14.3. The molecule has 2 aromatic heterocycles. The molecule has 0 aliphatic heterocycles. The quantitative estimate of drug-likeness (QED) is 0.695. The molecule has 0 aliphatic carbocycles. The van der Waals surface area contributed by atoms with E-state index >= 15 is 0 Å². The third kappa shape index (κ3) is 4.66. The van der Waals surface area contributed by atoms with Crippen molar-refractivity contribution in [2.24, 2.45) is 0 Å². The Morgan fingerprint density at radius 2 is 2.04 bits per heavy atom. The number of pyridine rings is 1. The molecule has 0 atom stereocenters. The SMILES string of the molecule is O=C(CCc1csc(-c2cccnc2)n1)Nc1cccc(C(F)(F)F)c1. The number of anilines is 1. The second kappa shape index (κ2) is 7.65. The number of carbonyl (C=O) groups excluding carboxylic acids is 1. The lowest BCUT2D eigenvalue weighted by Gasteiger charge is -2.09. The molecule has 1 aromatic carbocycles. The summed E-state index contributed by atoms with van der Waals surface area (Å²) in [6.45, 7) is 0. The van der Waals surface area contributed by atoms with Gasteiger partial charge in [-0.15, -0.1) is 11.3 Å². The summed E-state index contributed by atoms with van der Waals surface area (Å²) in [6, 6.07) is 8.29. The minimum absolute atomic E-state index is 0.124. The zero-order valence-electron chi connectivity index (χ0n) is 13.5. The average molecular weight is 377 g/mol. The van der Waals surface area contributed by atoms with Crippen LogP contribution < -0.4 is 5.32 Å². The lowest BCUT2D eigenvalue weighted by Crippen LogP contribution is -2.13. The van der Waals surface area contributed by atoms with Gasteiger partial charge < -0.3 is 5.32 Å². The normalized spacial score (nSPS) is 11.3. The largest absolute Gasteiger partial charge is 0.416 e. The molecule has 0 saturated carbocycles. The zero-order chi connectivity index (χ0) is 18.6. The highest BCUT2D eigenvalue weighted by Crippen LogP contribution is 2.30. The molecule has 0 unspecified atom stereocenters. The van der Waals surface area contributed by atoms with Gasteiger partial charge in [-0.05, 0) is 36.8 Å². The van der Waals surface area contributed by atoms with Crippen LogP contribution in [-0.4, -0.2) is 15.9 Å². The number of nitrogens with zero attached hydrogens (tertiary/aromatic N) is 2. The number of rotatable bonds is 5. The second-order valence-electron chi connectivity index (χ2n) is 5.51. The minimum atomic E-state index is -4.44. The lowest BCUT2D eigenvalue weighted by atomic mass is 10.2. The van der Waals surface area contributed by atoms with Gasteiger partial charge >= 0.3 is 6.18 Å². The number of halogens is 3. The number of alkyl halides is 3. The fourth-order valence-electron chi connectivity index (χ4n) is 2.28. The van der Waals surface area contributed by atoms with E-state index in [4.69, 9.17) is 0 Å². The number of hydrogen-bond acceptors (Lipinski definition) is 4. The summed E-state index contributed by atoms with van der Waals surface area (Å²) in [5.74, 6) is -0.361. The van der Waals surface area contributed by atoms with Crippen LogP contribution in [0.15, 0.2) is 54.2 Å². The van der Waals surface area contributed by atoms with Crippen molar-refractivity contribution in [2.75, 3.05) is 5.32 Å². The van der Waals surface area contributed by atoms with Crippen LogP contribution in [0, 0.1) is 0 Å². The summed E-state index contributed by atoms with van der Waals surface area (Å²) in [5, 5.41) is 5.16. The summed E-state index contributed by atoms with van der Waals surface area (Å²) < 4.78 is 38.1. The lowest BCUT2D eigenvalue weighted by molar-refractivity contribution is -0.137. The van der Waals surface area contributed by atoms with Gasteiger partial charge in [-0.1, -0.05) is 6.07 Å². The van der Waals surface area contributed by atoms with Crippen molar-refractivity contribution in [2.45, 2.75) is 19.0 Å². The average Bonchev–Trinajstić information content (AvgIpc) is 3.09. The van der Waals surface area contributed by atoms with Gasteiger partial charge in [0.15, 0.2) is 0 Å². The van der Waals surface area contributed by atoms with Gasteiger partial charge in [0.25, 0.3) is 0 Å². The minimum Gasteiger partial charge on any atom is -0.326 e. The van der Waals surface area contributed by atoms with E-state index in [1.807, 2.05) is 17.5 Å². The molecule has 3 aromatic rings. The maximum atomic E-state index is 12.7. The van der Waals surface area contributed by atoms with E-state index in [1.165, 1.54) is 23.5 Å². The second-order valence-corrected chi connectivity index (χ2v) is 6.37. The fraction of sp³-hybridized carbons (Fsp3) is 0.167. The summed E-state index contributed by atoms with van der Waals surface area (Å²) in [4.78, 5) is 20.5. The van der Waals surface area contributed by atoms with Gasteiger partial charge in [0, 0.05) is 35.4 Å². The van der Waals surface area contributed by atoms with Gasteiger partial charge in [-0.2, -0.15) is 13.2 Å². The molecule has 2 heterocycles. The number of nitrogens with one attached hydrogen (secondary N) is 1. The standard InChI is InChI=1S/C18H14F3N3OS/c19-18(20,21)13-4-1-5-14(9-13)23-16(25)7-6-15-11-26-17(24-15)12-3-2-8-22-10-12/h1-5,8-11H,6-7H2,(H,23,25). The van der Waals surface area contributed by atoms with E-state index in [0.717, 1.165) is 28.4 Å². The molecule has 0 radical (unpaired) electrons. The molecule has 0 saturated heterocycles. The maximum Gasteiger partial charge on any atom is 0.416 e. The Kier molecular flexibility index (Phi) is 5.32. The molecule has 8 heteroatoms. The van der Waals surface area contributed by atoms with Crippen LogP contribution >= 0.6 is 11.3 Å². The van der Waals surface area contributed by atoms with Crippen molar-refractivity contribution in [1.82, 2.24) is 9.97 Å². The Balaban J connectivity index is 1.57. The molecular formula is C18H14F3N3OS. The van der Waals surface area contributed by atoms with Gasteiger partial charge in [0.05, 0.1) is 11.3 Å². The van der Waals surface area contributed by atoms with E-state index in [1.54, 1.807) is 12.4 Å². The van der Waals surface area contributed by atoms with Crippen molar-refractivity contribution < 1.29 is 18.0 Å². The molecule has 134 valence electrons. The molecule has 4 nitrogen and oxygen atoms in total. The number of benzene rings is 1. The van der Waals surface area contributed by atoms with E-state index in [0.29, 0.717) is 6.42 Å². The third-order valence-electron chi connectivity index (χ3n) is 3.54. The summed E-state index contributed by atoms with van der Waals surface area (Å²) >= 11 is 1.46. The molecule has 26 heavy (non-hydrogen) atoms. The monoisotopic (exact) mass is 377 g/mol. The smallest absolute Gasteiger partial charge is 0.326 e. The molecule has 0 fully saturated rings. The number of thiazole rings is 1. The third-order valence-corrected chi connectivity index (χ3v) is 4.48.